The molecule has 0 saturated carbocycles. The minimum absolute atomic E-state index is 0.0576. The summed E-state index contributed by atoms with van der Waals surface area (Å²) in [6, 6.07) is 7.64. The molecule has 0 aliphatic heterocycles. The van der Waals surface area contributed by atoms with E-state index in [1.807, 2.05) is 24.3 Å². The summed E-state index contributed by atoms with van der Waals surface area (Å²) in [4.78, 5) is 11.6. The van der Waals surface area contributed by atoms with Crippen molar-refractivity contribution in [3.05, 3.63) is 35.4 Å². The molecule has 1 aromatic rings. The van der Waals surface area contributed by atoms with Gasteiger partial charge >= 0.3 is 0 Å². The van der Waals surface area contributed by atoms with E-state index >= 15 is 0 Å². The zero-order chi connectivity index (χ0) is 11.1. The number of benzene rings is 1. The Balaban J connectivity index is 2.50. The number of rotatable bonds is 6. The van der Waals surface area contributed by atoms with Gasteiger partial charge in [-0.05, 0) is 12.0 Å². The van der Waals surface area contributed by atoms with E-state index in [9.17, 15) is 4.79 Å². The van der Waals surface area contributed by atoms with Crippen molar-refractivity contribution < 1.29 is 9.90 Å². The molecule has 0 aliphatic rings. The highest BCUT2D eigenvalue weighted by Gasteiger charge is 2.04. The van der Waals surface area contributed by atoms with Gasteiger partial charge in [0.2, 0.25) is 0 Å². The van der Waals surface area contributed by atoms with E-state index in [0.29, 0.717) is 6.54 Å². The summed E-state index contributed by atoms with van der Waals surface area (Å²) in [5.41, 5.74) is 1.95. The third-order valence-corrected chi connectivity index (χ3v) is 2.26. The van der Waals surface area contributed by atoms with E-state index in [1.54, 1.807) is 0 Å². The summed E-state index contributed by atoms with van der Waals surface area (Å²) in [5, 5.41) is 11.4. The zero-order valence-electron chi connectivity index (χ0n) is 8.99. The Morgan fingerprint density at radius 2 is 2.00 bits per heavy atom. The Bertz CT molecular complexity index is 306. The van der Waals surface area contributed by atoms with Gasteiger partial charge in [-0.15, -0.1) is 0 Å². The first kappa shape index (κ1) is 11.9. The molecule has 82 valence electrons. The van der Waals surface area contributed by atoms with Crippen molar-refractivity contribution >= 4 is 5.78 Å². The van der Waals surface area contributed by atoms with Gasteiger partial charge in [-0.3, -0.25) is 4.79 Å². The fourth-order valence-corrected chi connectivity index (χ4v) is 1.31. The van der Waals surface area contributed by atoms with Crippen LogP contribution in [0.4, 0.5) is 0 Å². The molecule has 0 aliphatic carbocycles. The molecule has 0 atom stereocenters. The van der Waals surface area contributed by atoms with Gasteiger partial charge in [0, 0.05) is 12.1 Å². The van der Waals surface area contributed by atoms with E-state index < -0.39 is 0 Å². The average Bonchev–Trinajstić information content (AvgIpc) is 2.29. The Kier molecular flexibility index (Phi) is 5.01. The van der Waals surface area contributed by atoms with Crippen LogP contribution in [0.25, 0.3) is 0 Å². The van der Waals surface area contributed by atoms with E-state index in [-0.39, 0.29) is 18.9 Å². The third-order valence-electron chi connectivity index (χ3n) is 2.26. The number of hydrogen-bond donors (Lipinski definition) is 2. The molecule has 0 bridgehead atoms. The lowest BCUT2D eigenvalue weighted by Crippen LogP contribution is -2.25. The van der Waals surface area contributed by atoms with E-state index in [1.165, 1.54) is 5.56 Å². The lowest BCUT2D eigenvalue weighted by Gasteiger charge is -2.03. The quantitative estimate of drug-likeness (QED) is 0.541. The Labute approximate surface area is 90.1 Å². The van der Waals surface area contributed by atoms with Crippen LogP contribution in [0, 0.1) is 0 Å². The number of nitrogens with one attached hydrogen (secondary N) is 1. The van der Waals surface area contributed by atoms with Crippen LogP contribution in [0.5, 0.6) is 0 Å². The fraction of sp³-hybridized carbons (Fsp3) is 0.417. The van der Waals surface area contributed by atoms with Gasteiger partial charge in [-0.25, -0.2) is 0 Å². The lowest BCUT2D eigenvalue weighted by atomic mass is 10.1. The normalized spacial score (nSPS) is 10.3. The van der Waals surface area contributed by atoms with Gasteiger partial charge in [-0.2, -0.15) is 0 Å². The summed E-state index contributed by atoms with van der Waals surface area (Å²) in [7, 11) is 0. The summed E-state index contributed by atoms with van der Waals surface area (Å²) >= 11 is 0. The molecule has 3 nitrogen and oxygen atoms in total. The molecule has 0 saturated heterocycles. The molecule has 0 radical (unpaired) electrons. The van der Waals surface area contributed by atoms with Crippen molar-refractivity contribution in [1.82, 2.24) is 5.32 Å². The molecule has 0 fully saturated rings. The molecule has 3 heteroatoms. The Morgan fingerprint density at radius 3 is 2.53 bits per heavy atom. The molecule has 1 aromatic carbocycles. The Hall–Kier alpha value is -1.19. The van der Waals surface area contributed by atoms with Crippen LogP contribution in [0.15, 0.2) is 24.3 Å². The molecule has 0 aromatic heterocycles. The van der Waals surface area contributed by atoms with Crippen LogP contribution in [0.3, 0.4) is 0 Å². The van der Waals surface area contributed by atoms with Crippen LogP contribution >= 0.6 is 0 Å². The van der Waals surface area contributed by atoms with Crippen molar-refractivity contribution in [2.24, 2.45) is 0 Å². The molecular weight excluding hydrogens is 190 g/mol. The second-order valence-electron chi connectivity index (χ2n) is 3.37. The van der Waals surface area contributed by atoms with E-state index in [0.717, 1.165) is 12.0 Å². The fourth-order valence-electron chi connectivity index (χ4n) is 1.31. The minimum atomic E-state index is 0.0576. The lowest BCUT2D eigenvalue weighted by molar-refractivity contribution is 0.0989. The maximum Gasteiger partial charge on any atom is 0.176 e. The average molecular weight is 207 g/mol. The highest BCUT2D eigenvalue weighted by molar-refractivity contribution is 5.97. The van der Waals surface area contributed by atoms with Crippen LogP contribution < -0.4 is 5.32 Å². The van der Waals surface area contributed by atoms with Crippen molar-refractivity contribution in [3.8, 4) is 0 Å². The first-order valence-corrected chi connectivity index (χ1v) is 5.21. The molecule has 0 amide bonds. The smallest absolute Gasteiger partial charge is 0.176 e. The molecule has 0 spiro atoms. The van der Waals surface area contributed by atoms with Crippen LogP contribution in [-0.2, 0) is 6.42 Å². The maximum atomic E-state index is 11.6. The summed E-state index contributed by atoms with van der Waals surface area (Å²) in [6.45, 7) is 2.88. The number of aliphatic hydroxyl groups is 1. The number of carbonyl (C=O) groups excluding carboxylic acids is 1. The number of aliphatic hydroxyl groups excluding tert-OH is 1. The van der Waals surface area contributed by atoms with Gasteiger partial charge in [0.1, 0.15) is 0 Å². The van der Waals surface area contributed by atoms with Gasteiger partial charge in [0.15, 0.2) is 5.78 Å². The van der Waals surface area contributed by atoms with E-state index in [4.69, 9.17) is 5.11 Å². The highest BCUT2D eigenvalue weighted by atomic mass is 16.3. The minimum Gasteiger partial charge on any atom is -0.395 e. The molecular formula is C12H17NO2. The number of ketones is 1. The summed E-state index contributed by atoms with van der Waals surface area (Å²) < 4.78 is 0. The summed E-state index contributed by atoms with van der Waals surface area (Å²) in [5.74, 6) is 0.0612. The SMILES string of the molecule is CCc1ccc(C(=O)CNCCO)cc1. The largest absolute Gasteiger partial charge is 0.395 e. The second kappa shape index (κ2) is 6.32. The van der Waals surface area contributed by atoms with Gasteiger partial charge in [-0.1, -0.05) is 31.2 Å². The van der Waals surface area contributed by atoms with E-state index in [2.05, 4.69) is 12.2 Å². The van der Waals surface area contributed by atoms with Crippen molar-refractivity contribution in [2.45, 2.75) is 13.3 Å². The third kappa shape index (κ3) is 3.81. The van der Waals surface area contributed by atoms with Gasteiger partial charge in [0.25, 0.3) is 0 Å². The molecule has 0 unspecified atom stereocenters. The maximum absolute atomic E-state index is 11.6. The molecule has 0 heterocycles. The van der Waals surface area contributed by atoms with Crippen molar-refractivity contribution in [2.75, 3.05) is 19.7 Å². The highest BCUT2D eigenvalue weighted by Crippen LogP contribution is 2.05. The van der Waals surface area contributed by atoms with Crippen LogP contribution in [0.1, 0.15) is 22.8 Å². The predicted molar refractivity (Wildman–Crippen MR) is 60.1 cm³/mol. The van der Waals surface area contributed by atoms with Crippen molar-refractivity contribution in [1.29, 1.82) is 0 Å². The number of aryl methyl sites for hydroxylation is 1. The standard InChI is InChI=1S/C12H17NO2/c1-2-10-3-5-11(6-4-10)12(15)9-13-7-8-14/h3-6,13-14H,2,7-9H2,1H3. The zero-order valence-corrected chi connectivity index (χ0v) is 8.99. The van der Waals surface area contributed by atoms with Crippen molar-refractivity contribution in [3.63, 3.8) is 0 Å². The molecule has 2 N–H and O–H groups in total. The topological polar surface area (TPSA) is 49.3 Å². The number of carbonyl (C=O) groups is 1. The first-order valence-electron chi connectivity index (χ1n) is 5.21. The van der Waals surface area contributed by atoms with Crippen LogP contribution in [0.2, 0.25) is 0 Å². The monoisotopic (exact) mass is 207 g/mol. The van der Waals surface area contributed by atoms with Gasteiger partial charge in [0.05, 0.1) is 13.2 Å². The molecule has 15 heavy (non-hydrogen) atoms. The second-order valence-corrected chi connectivity index (χ2v) is 3.37. The molecule has 1 rings (SSSR count). The number of hydrogen-bond acceptors (Lipinski definition) is 3. The van der Waals surface area contributed by atoms with Crippen LogP contribution in [-0.4, -0.2) is 30.6 Å². The Morgan fingerprint density at radius 1 is 1.33 bits per heavy atom. The van der Waals surface area contributed by atoms with Gasteiger partial charge < -0.3 is 10.4 Å². The predicted octanol–water partition coefficient (Wildman–Crippen LogP) is 1.01. The number of Topliss-reactive ketones (excluding diaryl/α,β-unsaturated/α-hetero) is 1. The summed E-state index contributed by atoms with van der Waals surface area (Å²) in [6.07, 6.45) is 0.983. The first-order chi connectivity index (χ1) is 7.27.